The molecule has 5 heteroatoms. The largest absolute Gasteiger partial charge is 0.468 e. The van der Waals surface area contributed by atoms with Crippen LogP contribution in [0.5, 0.6) is 0 Å². The molecule has 2 rings (SSSR count). The monoisotopic (exact) mass is 256 g/mol. The molecule has 1 aliphatic heterocycles. The predicted molar refractivity (Wildman–Crippen MR) is 68.4 cm³/mol. The highest BCUT2D eigenvalue weighted by molar-refractivity contribution is 5.76. The number of rotatable bonds is 5. The molecular formula is C13H24N2O3. The topological polar surface area (TPSA) is 50.8 Å². The summed E-state index contributed by atoms with van der Waals surface area (Å²) in [6.07, 6.45) is 2.34. The number of carbonyl (C=O) groups is 1. The van der Waals surface area contributed by atoms with Crippen LogP contribution in [0.15, 0.2) is 0 Å². The number of nitrogens with zero attached hydrogens (tertiary/aromatic N) is 1. The van der Waals surface area contributed by atoms with Crippen molar-refractivity contribution in [2.24, 2.45) is 0 Å². The Kier molecular flexibility index (Phi) is 4.25. The van der Waals surface area contributed by atoms with Gasteiger partial charge in [-0.2, -0.15) is 0 Å². The Morgan fingerprint density at radius 1 is 1.56 bits per heavy atom. The molecule has 2 aliphatic rings. The van der Waals surface area contributed by atoms with Gasteiger partial charge >= 0.3 is 5.97 Å². The molecule has 1 saturated heterocycles. The summed E-state index contributed by atoms with van der Waals surface area (Å²) in [5.74, 6) is -0.161. The van der Waals surface area contributed by atoms with Crippen LogP contribution in [0.2, 0.25) is 0 Å². The fourth-order valence-electron chi connectivity index (χ4n) is 2.40. The van der Waals surface area contributed by atoms with Crippen LogP contribution in [-0.4, -0.2) is 61.9 Å². The molecule has 0 aromatic heterocycles. The molecule has 0 amide bonds. The van der Waals surface area contributed by atoms with Crippen LogP contribution >= 0.6 is 0 Å². The minimum atomic E-state index is -0.212. The van der Waals surface area contributed by atoms with Crippen LogP contribution in [0.4, 0.5) is 0 Å². The maximum absolute atomic E-state index is 11.8. The van der Waals surface area contributed by atoms with Crippen molar-refractivity contribution >= 4 is 5.97 Å². The van der Waals surface area contributed by atoms with Crippen molar-refractivity contribution in [1.29, 1.82) is 0 Å². The zero-order chi connectivity index (χ0) is 13.2. The molecule has 1 aliphatic carbocycles. The third-order valence-corrected chi connectivity index (χ3v) is 3.45. The highest BCUT2D eigenvalue weighted by Crippen LogP contribution is 2.21. The van der Waals surface area contributed by atoms with Crippen LogP contribution in [0.3, 0.4) is 0 Å². The molecule has 1 atom stereocenters. The molecule has 5 nitrogen and oxygen atoms in total. The third kappa shape index (κ3) is 3.93. The van der Waals surface area contributed by atoms with E-state index in [0.717, 1.165) is 19.7 Å². The fraction of sp³-hybridized carbons (Fsp3) is 0.923. The molecule has 1 unspecified atom stereocenters. The van der Waals surface area contributed by atoms with Crippen LogP contribution in [0.1, 0.15) is 26.7 Å². The molecule has 18 heavy (non-hydrogen) atoms. The average molecular weight is 256 g/mol. The molecule has 0 bridgehead atoms. The number of hydrogen-bond donors (Lipinski definition) is 1. The van der Waals surface area contributed by atoms with Crippen molar-refractivity contribution in [2.75, 3.05) is 33.4 Å². The predicted octanol–water partition coefficient (Wildman–Crippen LogP) is 0.391. The molecule has 104 valence electrons. The molecule has 0 aromatic rings. The van der Waals surface area contributed by atoms with Crippen LogP contribution in [-0.2, 0) is 14.3 Å². The van der Waals surface area contributed by atoms with Crippen molar-refractivity contribution in [1.82, 2.24) is 10.2 Å². The number of morpholine rings is 1. The second kappa shape index (κ2) is 5.55. The summed E-state index contributed by atoms with van der Waals surface area (Å²) in [4.78, 5) is 14.0. The van der Waals surface area contributed by atoms with Crippen molar-refractivity contribution in [3.63, 3.8) is 0 Å². The van der Waals surface area contributed by atoms with Gasteiger partial charge in [-0.05, 0) is 26.7 Å². The summed E-state index contributed by atoms with van der Waals surface area (Å²) in [6.45, 7) is 7.33. The van der Waals surface area contributed by atoms with Crippen molar-refractivity contribution in [3.8, 4) is 0 Å². The Labute approximate surface area is 109 Å². The highest BCUT2D eigenvalue weighted by atomic mass is 16.5. The first-order chi connectivity index (χ1) is 8.50. The van der Waals surface area contributed by atoms with Crippen LogP contribution in [0.25, 0.3) is 0 Å². The summed E-state index contributed by atoms with van der Waals surface area (Å²) < 4.78 is 10.6. The summed E-state index contributed by atoms with van der Waals surface area (Å²) >= 11 is 0. The smallest absolute Gasteiger partial charge is 0.324 e. The third-order valence-electron chi connectivity index (χ3n) is 3.45. The zero-order valence-electron chi connectivity index (χ0n) is 11.6. The quantitative estimate of drug-likeness (QED) is 0.721. The Bertz CT molecular complexity index is 303. The second-order valence-electron chi connectivity index (χ2n) is 5.86. The number of methoxy groups -OCH3 is 1. The summed E-state index contributed by atoms with van der Waals surface area (Å²) in [5, 5.41) is 3.36. The van der Waals surface area contributed by atoms with E-state index >= 15 is 0 Å². The second-order valence-corrected chi connectivity index (χ2v) is 5.86. The van der Waals surface area contributed by atoms with Gasteiger partial charge in [0.25, 0.3) is 0 Å². The van der Waals surface area contributed by atoms with E-state index in [9.17, 15) is 4.79 Å². The van der Waals surface area contributed by atoms with E-state index in [4.69, 9.17) is 9.47 Å². The number of ether oxygens (including phenoxy) is 2. The van der Waals surface area contributed by atoms with Gasteiger partial charge in [-0.3, -0.25) is 9.69 Å². The molecule has 1 N–H and O–H groups in total. The first-order valence-electron chi connectivity index (χ1n) is 6.70. The Morgan fingerprint density at radius 3 is 2.83 bits per heavy atom. The number of hydrogen-bond acceptors (Lipinski definition) is 5. The van der Waals surface area contributed by atoms with Crippen LogP contribution in [0, 0.1) is 0 Å². The minimum Gasteiger partial charge on any atom is -0.468 e. The van der Waals surface area contributed by atoms with Gasteiger partial charge in [-0.1, -0.05) is 0 Å². The van der Waals surface area contributed by atoms with E-state index in [1.54, 1.807) is 0 Å². The SMILES string of the molecule is COC(=O)C(CN1CCOC(C)(C)C1)NC1CC1. The summed E-state index contributed by atoms with van der Waals surface area (Å²) in [6, 6.07) is 0.291. The zero-order valence-corrected chi connectivity index (χ0v) is 11.6. The number of carbonyl (C=O) groups excluding carboxylic acids is 1. The van der Waals surface area contributed by atoms with Gasteiger partial charge in [-0.25, -0.2) is 0 Å². The average Bonchev–Trinajstić information content (AvgIpc) is 3.10. The van der Waals surface area contributed by atoms with E-state index in [0.29, 0.717) is 12.6 Å². The van der Waals surface area contributed by atoms with Crippen molar-refractivity contribution in [3.05, 3.63) is 0 Å². The Balaban J connectivity index is 1.88. The normalized spacial score (nSPS) is 25.7. The van der Waals surface area contributed by atoms with Gasteiger partial charge in [-0.15, -0.1) is 0 Å². The van der Waals surface area contributed by atoms with E-state index in [1.807, 2.05) is 0 Å². The lowest BCUT2D eigenvalue weighted by molar-refractivity contribution is -0.145. The summed E-state index contributed by atoms with van der Waals surface area (Å²) in [7, 11) is 1.45. The van der Waals surface area contributed by atoms with E-state index in [1.165, 1.54) is 20.0 Å². The van der Waals surface area contributed by atoms with E-state index in [2.05, 4.69) is 24.1 Å². The van der Waals surface area contributed by atoms with Gasteiger partial charge in [0.1, 0.15) is 6.04 Å². The van der Waals surface area contributed by atoms with Crippen molar-refractivity contribution in [2.45, 2.75) is 44.4 Å². The molecule has 1 saturated carbocycles. The standard InChI is InChI=1S/C13H24N2O3/c1-13(2)9-15(6-7-18-13)8-11(12(16)17-3)14-10-4-5-10/h10-11,14H,4-9H2,1-3H3. The van der Waals surface area contributed by atoms with Gasteiger partial charge in [0, 0.05) is 25.7 Å². The van der Waals surface area contributed by atoms with Crippen molar-refractivity contribution < 1.29 is 14.3 Å². The van der Waals surface area contributed by atoms with Gasteiger partial charge < -0.3 is 14.8 Å². The molecule has 1 heterocycles. The maximum atomic E-state index is 11.8. The molecule has 0 aromatic carbocycles. The molecule has 0 spiro atoms. The fourth-order valence-corrected chi connectivity index (χ4v) is 2.40. The Morgan fingerprint density at radius 2 is 2.28 bits per heavy atom. The lowest BCUT2D eigenvalue weighted by atomic mass is 10.1. The Hall–Kier alpha value is -0.650. The van der Waals surface area contributed by atoms with Crippen LogP contribution < -0.4 is 5.32 Å². The molecule has 2 fully saturated rings. The lowest BCUT2D eigenvalue weighted by Gasteiger charge is -2.39. The lowest BCUT2D eigenvalue weighted by Crippen LogP contribution is -2.54. The first-order valence-corrected chi connectivity index (χ1v) is 6.70. The minimum absolute atomic E-state index is 0.126. The van der Waals surface area contributed by atoms with Gasteiger partial charge in [0.05, 0.1) is 19.3 Å². The molecule has 0 radical (unpaired) electrons. The van der Waals surface area contributed by atoms with E-state index in [-0.39, 0.29) is 17.6 Å². The number of nitrogens with one attached hydrogen (secondary N) is 1. The van der Waals surface area contributed by atoms with E-state index < -0.39 is 0 Å². The summed E-state index contributed by atoms with van der Waals surface area (Å²) in [5.41, 5.74) is -0.126. The number of esters is 1. The van der Waals surface area contributed by atoms with Gasteiger partial charge in [0.15, 0.2) is 0 Å². The maximum Gasteiger partial charge on any atom is 0.324 e. The first kappa shape index (κ1) is 13.8. The molecular weight excluding hydrogens is 232 g/mol. The van der Waals surface area contributed by atoms with Gasteiger partial charge in [0.2, 0.25) is 0 Å². The highest BCUT2D eigenvalue weighted by Gasteiger charge is 2.33.